The summed E-state index contributed by atoms with van der Waals surface area (Å²) in [6, 6.07) is 6.35. The molecule has 1 saturated heterocycles. The minimum absolute atomic E-state index is 0.220. The molecule has 1 aliphatic carbocycles. The minimum Gasteiger partial charge on any atom is -0.444 e. The van der Waals surface area contributed by atoms with E-state index < -0.39 is 0 Å². The molecule has 2 aliphatic rings. The van der Waals surface area contributed by atoms with Crippen molar-refractivity contribution >= 4 is 0 Å². The topological polar surface area (TPSA) is 58.7 Å². The normalized spacial score (nSPS) is 27.7. The third kappa shape index (κ3) is 3.61. The van der Waals surface area contributed by atoms with Gasteiger partial charge in [-0.15, -0.1) is 0 Å². The molecule has 2 aromatic rings. The summed E-state index contributed by atoms with van der Waals surface area (Å²) in [5.41, 5.74) is 1.61. The van der Waals surface area contributed by atoms with Crippen molar-refractivity contribution in [2.75, 3.05) is 19.8 Å². The van der Waals surface area contributed by atoms with E-state index in [2.05, 4.69) is 9.88 Å². The average Bonchev–Trinajstić information content (AvgIpc) is 3.25. The number of hydrogen-bond donors (Lipinski definition) is 1. The Morgan fingerprint density at radius 3 is 2.84 bits per heavy atom. The smallest absolute Gasteiger partial charge is 0.226 e. The van der Waals surface area contributed by atoms with Gasteiger partial charge in [0.25, 0.3) is 0 Å². The van der Waals surface area contributed by atoms with Crippen LogP contribution in [0.3, 0.4) is 0 Å². The summed E-state index contributed by atoms with van der Waals surface area (Å²) in [6.07, 6.45) is 4.44. The number of aromatic nitrogens is 1. The molecule has 4 rings (SSSR count). The van der Waals surface area contributed by atoms with Crippen LogP contribution in [0, 0.1) is 11.7 Å². The van der Waals surface area contributed by atoms with E-state index in [0.717, 1.165) is 37.1 Å². The largest absolute Gasteiger partial charge is 0.444 e. The highest BCUT2D eigenvalue weighted by Crippen LogP contribution is 2.33. The molecule has 2 heterocycles. The highest BCUT2D eigenvalue weighted by atomic mass is 19.1. The van der Waals surface area contributed by atoms with E-state index in [0.29, 0.717) is 25.6 Å². The zero-order chi connectivity index (χ0) is 17.2. The van der Waals surface area contributed by atoms with Gasteiger partial charge >= 0.3 is 0 Å². The molecule has 25 heavy (non-hydrogen) atoms. The fraction of sp³-hybridized carbons (Fsp3) is 0.526. The molecule has 0 unspecified atom stereocenters. The Kier molecular flexibility index (Phi) is 4.83. The first-order chi connectivity index (χ1) is 12.2. The van der Waals surface area contributed by atoms with Gasteiger partial charge in [0.15, 0.2) is 0 Å². The number of halogens is 1. The van der Waals surface area contributed by atoms with Crippen LogP contribution in [0.2, 0.25) is 0 Å². The molecule has 1 aromatic heterocycles. The van der Waals surface area contributed by atoms with Gasteiger partial charge in [0, 0.05) is 30.6 Å². The Balaban J connectivity index is 1.47. The van der Waals surface area contributed by atoms with Crippen molar-refractivity contribution < 1.29 is 18.7 Å². The lowest BCUT2D eigenvalue weighted by molar-refractivity contribution is -0.0540. The van der Waals surface area contributed by atoms with Gasteiger partial charge in [0.05, 0.1) is 25.0 Å². The lowest BCUT2D eigenvalue weighted by Crippen LogP contribution is -2.50. The maximum absolute atomic E-state index is 13.0. The van der Waals surface area contributed by atoms with Crippen LogP contribution in [0.15, 0.2) is 34.9 Å². The maximum Gasteiger partial charge on any atom is 0.226 e. The van der Waals surface area contributed by atoms with Crippen molar-refractivity contribution in [3.05, 3.63) is 42.0 Å². The predicted octanol–water partition coefficient (Wildman–Crippen LogP) is 2.84. The summed E-state index contributed by atoms with van der Waals surface area (Å²) in [4.78, 5) is 6.89. The number of hydrogen-bond acceptors (Lipinski definition) is 5. The number of oxazole rings is 1. The number of benzene rings is 1. The van der Waals surface area contributed by atoms with Gasteiger partial charge in [-0.05, 0) is 37.1 Å². The number of rotatable bonds is 4. The molecule has 1 aliphatic heterocycles. The van der Waals surface area contributed by atoms with E-state index in [-0.39, 0.29) is 23.9 Å². The van der Waals surface area contributed by atoms with E-state index in [9.17, 15) is 9.50 Å². The van der Waals surface area contributed by atoms with Gasteiger partial charge in [-0.25, -0.2) is 9.37 Å². The Labute approximate surface area is 146 Å². The van der Waals surface area contributed by atoms with Crippen molar-refractivity contribution in [3.8, 4) is 11.5 Å². The molecular weight excluding hydrogens is 323 g/mol. The molecule has 1 N–H and O–H groups in total. The molecule has 0 radical (unpaired) electrons. The number of nitrogens with zero attached hydrogens (tertiary/aromatic N) is 2. The first-order valence-electron chi connectivity index (χ1n) is 8.91. The average molecular weight is 346 g/mol. The third-order valence-corrected chi connectivity index (χ3v) is 5.31. The Morgan fingerprint density at radius 1 is 1.24 bits per heavy atom. The quantitative estimate of drug-likeness (QED) is 0.922. The summed E-state index contributed by atoms with van der Waals surface area (Å²) in [5, 5.41) is 10.3. The third-order valence-electron chi connectivity index (χ3n) is 5.31. The molecule has 0 spiro atoms. The van der Waals surface area contributed by atoms with E-state index in [1.165, 1.54) is 12.1 Å². The highest BCUT2D eigenvalue weighted by molar-refractivity contribution is 5.52. The summed E-state index contributed by atoms with van der Waals surface area (Å²) in [5.74, 6) is 0.492. The molecular formula is C19H23FN2O3. The number of aliphatic hydroxyl groups excluding tert-OH is 1. The van der Waals surface area contributed by atoms with Crippen LogP contribution in [0.4, 0.5) is 4.39 Å². The SMILES string of the molecule is O[C@@H]1CCC[C@H]1[C@H]1COCCN1Cc1coc(-c2ccc(F)cc2)n1. The predicted molar refractivity (Wildman–Crippen MR) is 90.3 cm³/mol. The van der Waals surface area contributed by atoms with Gasteiger partial charge in [-0.1, -0.05) is 6.42 Å². The lowest BCUT2D eigenvalue weighted by atomic mass is 9.94. The van der Waals surface area contributed by atoms with Crippen LogP contribution in [-0.4, -0.2) is 46.9 Å². The summed E-state index contributed by atoms with van der Waals surface area (Å²) >= 11 is 0. The second-order valence-electron chi connectivity index (χ2n) is 6.93. The van der Waals surface area contributed by atoms with Crippen molar-refractivity contribution in [3.63, 3.8) is 0 Å². The summed E-state index contributed by atoms with van der Waals surface area (Å²) < 4.78 is 24.3. The molecule has 1 aromatic carbocycles. The molecule has 6 heteroatoms. The van der Waals surface area contributed by atoms with E-state index in [1.807, 2.05) is 0 Å². The van der Waals surface area contributed by atoms with Crippen LogP contribution in [0.5, 0.6) is 0 Å². The minimum atomic E-state index is -0.276. The van der Waals surface area contributed by atoms with Gasteiger partial charge in [0.2, 0.25) is 5.89 Å². The van der Waals surface area contributed by atoms with Gasteiger partial charge in [0.1, 0.15) is 12.1 Å². The summed E-state index contributed by atoms with van der Waals surface area (Å²) in [6.45, 7) is 2.85. The second kappa shape index (κ2) is 7.23. The van der Waals surface area contributed by atoms with Crippen LogP contribution in [0.25, 0.3) is 11.5 Å². The molecule has 5 nitrogen and oxygen atoms in total. The molecule has 0 amide bonds. The van der Waals surface area contributed by atoms with Gasteiger partial charge < -0.3 is 14.3 Å². The molecule has 0 bridgehead atoms. The molecule has 2 fully saturated rings. The lowest BCUT2D eigenvalue weighted by Gasteiger charge is -2.39. The Hall–Kier alpha value is -1.76. The number of ether oxygens (including phenoxy) is 1. The Morgan fingerprint density at radius 2 is 2.08 bits per heavy atom. The number of morpholine rings is 1. The zero-order valence-corrected chi connectivity index (χ0v) is 14.1. The molecule has 1 saturated carbocycles. The van der Waals surface area contributed by atoms with Crippen molar-refractivity contribution in [1.29, 1.82) is 0 Å². The summed E-state index contributed by atoms with van der Waals surface area (Å²) in [7, 11) is 0. The van der Waals surface area contributed by atoms with Gasteiger partial charge in [-0.3, -0.25) is 4.90 Å². The van der Waals surface area contributed by atoms with Crippen molar-refractivity contribution in [2.24, 2.45) is 5.92 Å². The van der Waals surface area contributed by atoms with Crippen molar-refractivity contribution in [2.45, 2.75) is 38.0 Å². The first kappa shape index (κ1) is 16.7. The van der Waals surface area contributed by atoms with Gasteiger partial charge in [-0.2, -0.15) is 0 Å². The van der Waals surface area contributed by atoms with Crippen molar-refractivity contribution in [1.82, 2.24) is 9.88 Å². The van der Waals surface area contributed by atoms with E-state index >= 15 is 0 Å². The number of aliphatic hydroxyl groups is 1. The van der Waals surface area contributed by atoms with E-state index in [1.54, 1.807) is 18.4 Å². The standard InChI is InChI=1S/C19H23FN2O3/c20-14-6-4-13(5-7-14)19-21-15(11-25-19)10-22-8-9-24-12-17(22)16-2-1-3-18(16)23/h4-7,11,16-18,23H,1-3,8-10,12H2/t16-,17+,18+/m0/s1. The van der Waals surface area contributed by atoms with E-state index in [4.69, 9.17) is 9.15 Å². The molecule has 134 valence electrons. The first-order valence-corrected chi connectivity index (χ1v) is 8.91. The highest BCUT2D eigenvalue weighted by Gasteiger charge is 2.37. The van der Waals surface area contributed by atoms with Crippen LogP contribution < -0.4 is 0 Å². The maximum atomic E-state index is 13.0. The van der Waals surface area contributed by atoms with Crippen LogP contribution in [-0.2, 0) is 11.3 Å². The van der Waals surface area contributed by atoms with Crippen LogP contribution in [0.1, 0.15) is 25.0 Å². The Bertz CT molecular complexity index is 703. The fourth-order valence-corrected chi connectivity index (χ4v) is 3.98. The zero-order valence-electron chi connectivity index (χ0n) is 14.1. The monoisotopic (exact) mass is 346 g/mol. The fourth-order valence-electron chi connectivity index (χ4n) is 3.98. The van der Waals surface area contributed by atoms with Crippen LogP contribution >= 0.6 is 0 Å². The molecule has 3 atom stereocenters. The second-order valence-corrected chi connectivity index (χ2v) is 6.93.